The molecule has 1 aromatic carbocycles. The standard InChI is InChI=1S/C12H10ClN3OS/c1-18-12-14-6-8(7-17)11(16-12)15-10-4-2-9(13)3-5-10/h2-7H,1H3,(H,14,15,16). The molecule has 6 heteroatoms. The van der Waals surface area contributed by atoms with Crippen molar-refractivity contribution in [1.82, 2.24) is 9.97 Å². The van der Waals surface area contributed by atoms with Crippen molar-refractivity contribution in [2.75, 3.05) is 11.6 Å². The first-order valence-corrected chi connectivity index (χ1v) is 6.72. The van der Waals surface area contributed by atoms with E-state index in [0.29, 0.717) is 21.6 Å². The van der Waals surface area contributed by atoms with Crippen molar-refractivity contribution < 1.29 is 4.79 Å². The van der Waals surface area contributed by atoms with Gasteiger partial charge in [-0.15, -0.1) is 0 Å². The number of aromatic nitrogens is 2. The molecular weight excluding hydrogens is 270 g/mol. The Balaban J connectivity index is 2.31. The zero-order valence-electron chi connectivity index (χ0n) is 9.55. The summed E-state index contributed by atoms with van der Waals surface area (Å²) < 4.78 is 0. The van der Waals surface area contributed by atoms with E-state index >= 15 is 0 Å². The maximum atomic E-state index is 10.9. The minimum Gasteiger partial charge on any atom is -0.339 e. The van der Waals surface area contributed by atoms with E-state index in [-0.39, 0.29) is 0 Å². The normalized spacial score (nSPS) is 10.1. The summed E-state index contributed by atoms with van der Waals surface area (Å²) >= 11 is 7.22. The first-order chi connectivity index (χ1) is 8.72. The molecule has 0 unspecified atom stereocenters. The smallest absolute Gasteiger partial charge is 0.189 e. The Morgan fingerprint density at radius 2 is 2.06 bits per heavy atom. The summed E-state index contributed by atoms with van der Waals surface area (Å²) in [6.45, 7) is 0. The highest BCUT2D eigenvalue weighted by Gasteiger charge is 2.06. The van der Waals surface area contributed by atoms with Crippen molar-refractivity contribution in [2.45, 2.75) is 5.16 Å². The molecule has 18 heavy (non-hydrogen) atoms. The van der Waals surface area contributed by atoms with E-state index in [2.05, 4.69) is 15.3 Å². The topological polar surface area (TPSA) is 54.9 Å². The lowest BCUT2D eigenvalue weighted by Crippen LogP contribution is -2.01. The lowest BCUT2D eigenvalue weighted by molar-refractivity contribution is 0.112. The molecule has 0 radical (unpaired) electrons. The number of thioether (sulfide) groups is 1. The van der Waals surface area contributed by atoms with Gasteiger partial charge in [0.2, 0.25) is 0 Å². The monoisotopic (exact) mass is 279 g/mol. The Morgan fingerprint density at radius 3 is 2.67 bits per heavy atom. The minimum absolute atomic E-state index is 0.419. The van der Waals surface area contributed by atoms with E-state index in [0.717, 1.165) is 12.0 Å². The first-order valence-electron chi connectivity index (χ1n) is 5.11. The van der Waals surface area contributed by atoms with Crippen molar-refractivity contribution >= 4 is 41.2 Å². The van der Waals surface area contributed by atoms with Gasteiger partial charge in [-0.3, -0.25) is 4.79 Å². The van der Waals surface area contributed by atoms with Crippen molar-refractivity contribution in [3.63, 3.8) is 0 Å². The van der Waals surface area contributed by atoms with Crippen LogP contribution in [0, 0.1) is 0 Å². The van der Waals surface area contributed by atoms with Crippen LogP contribution in [-0.2, 0) is 0 Å². The molecule has 0 amide bonds. The van der Waals surface area contributed by atoms with Crippen LogP contribution in [0.5, 0.6) is 0 Å². The van der Waals surface area contributed by atoms with Crippen LogP contribution in [0.15, 0.2) is 35.6 Å². The second-order valence-corrected chi connectivity index (χ2v) is 4.62. The maximum absolute atomic E-state index is 10.9. The largest absolute Gasteiger partial charge is 0.339 e. The molecule has 0 saturated heterocycles. The summed E-state index contributed by atoms with van der Waals surface area (Å²) in [5.74, 6) is 0.492. The quantitative estimate of drug-likeness (QED) is 0.528. The Morgan fingerprint density at radius 1 is 1.33 bits per heavy atom. The van der Waals surface area contributed by atoms with Crippen molar-refractivity contribution in [3.05, 3.63) is 41.0 Å². The average molecular weight is 280 g/mol. The third-order valence-electron chi connectivity index (χ3n) is 2.21. The molecule has 2 rings (SSSR count). The number of anilines is 2. The maximum Gasteiger partial charge on any atom is 0.189 e. The van der Waals surface area contributed by atoms with E-state index in [4.69, 9.17) is 11.6 Å². The van der Waals surface area contributed by atoms with Crippen LogP contribution in [0.4, 0.5) is 11.5 Å². The van der Waals surface area contributed by atoms with Crippen molar-refractivity contribution in [3.8, 4) is 0 Å². The number of hydrogen-bond acceptors (Lipinski definition) is 5. The van der Waals surface area contributed by atoms with Gasteiger partial charge in [0, 0.05) is 16.9 Å². The van der Waals surface area contributed by atoms with Gasteiger partial charge in [0.1, 0.15) is 5.82 Å². The molecule has 0 fully saturated rings. The number of hydrogen-bond donors (Lipinski definition) is 1. The highest BCUT2D eigenvalue weighted by molar-refractivity contribution is 7.98. The number of halogens is 1. The van der Waals surface area contributed by atoms with Crippen LogP contribution >= 0.6 is 23.4 Å². The van der Waals surface area contributed by atoms with Gasteiger partial charge < -0.3 is 5.32 Å². The van der Waals surface area contributed by atoms with Gasteiger partial charge in [0.15, 0.2) is 11.4 Å². The van der Waals surface area contributed by atoms with Gasteiger partial charge in [0.25, 0.3) is 0 Å². The van der Waals surface area contributed by atoms with Crippen LogP contribution in [0.25, 0.3) is 0 Å². The van der Waals surface area contributed by atoms with E-state index < -0.39 is 0 Å². The average Bonchev–Trinajstić information content (AvgIpc) is 2.41. The third kappa shape index (κ3) is 3.00. The molecule has 0 bridgehead atoms. The number of nitrogens with zero attached hydrogens (tertiary/aromatic N) is 2. The molecule has 0 spiro atoms. The predicted molar refractivity (Wildman–Crippen MR) is 73.9 cm³/mol. The van der Waals surface area contributed by atoms with Gasteiger partial charge in [-0.25, -0.2) is 9.97 Å². The molecule has 4 nitrogen and oxygen atoms in total. The number of carbonyl (C=O) groups is 1. The summed E-state index contributed by atoms with van der Waals surface area (Å²) in [4.78, 5) is 19.2. The Kier molecular flexibility index (Phi) is 4.17. The summed E-state index contributed by atoms with van der Waals surface area (Å²) in [7, 11) is 0. The minimum atomic E-state index is 0.419. The first kappa shape index (κ1) is 12.9. The fraction of sp³-hybridized carbons (Fsp3) is 0.0833. The van der Waals surface area contributed by atoms with E-state index in [1.807, 2.05) is 18.4 Å². The van der Waals surface area contributed by atoms with Gasteiger partial charge in [0.05, 0.1) is 5.56 Å². The lowest BCUT2D eigenvalue weighted by Gasteiger charge is -2.08. The number of benzene rings is 1. The molecule has 1 aromatic heterocycles. The lowest BCUT2D eigenvalue weighted by atomic mass is 10.3. The SMILES string of the molecule is CSc1ncc(C=O)c(Nc2ccc(Cl)cc2)n1. The third-order valence-corrected chi connectivity index (χ3v) is 3.03. The zero-order valence-corrected chi connectivity index (χ0v) is 11.1. The number of nitrogens with one attached hydrogen (secondary N) is 1. The molecular formula is C12H10ClN3OS. The van der Waals surface area contributed by atoms with Crippen molar-refractivity contribution in [2.24, 2.45) is 0 Å². The van der Waals surface area contributed by atoms with Crippen LogP contribution in [0.1, 0.15) is 10.4 Å². The molecule has 92 valence electrons. The van der Waals surface area contributed by atoms with Gasteiger partial charge in [-0.05, 0) is 30.5 Å². The molecule has 0 atom stereocenters. The van der Waals surface area contributed by atoms with Gasteiger partial charge >= 0.3 is 0 Å². The second kappa shape index (κ2) is 5.84. The van der Waals surface area contributed by atoms with Crippen LogP contribution in [-0.4, -0.2) is 22.5 Å². The van der Waals surface area contributed by atoms with E-state index in [1.54, 1.807) is 12.1 Å². The number of carbonyl (C=O) groups excluding carboxylic acids is 1. The number of aldehydes is 1. The van der Waals surface area contributed by atoms with Crippen LogP contribution in [0.2, 0.25) is 5.02 Å². The molecule has 0 aliphatic rings. The zero-order chi connectivity index (χ0) is 13.0. The fourth-order valence-electron chi connectivity index (χ4n) is 1.33. The second-order valence-electron chi connectivity index (χ2n) is 3.41. The predicted octanol–water partition coefficient (Wildman–Crippen LogP) is 3.41. The Hall–Kier alpha value is -1.59. The van der Waals surface area contributed by atoms with Crippen LogP contribution in [0.3, 0.4) is 0 Å². The molecule has 0 aliphatic carbocycles. The molecule has 0 saturated carbocycles. The Bertz CT molecular complexity index is 560. The molecule has 2 aromatic rings. The van der Waals surface area contributed by atoms with Crippen molar-refractivity contribution in [1.29, 1.82) is 0 Å². The molecule has 1 heterocycles. The molecule has 0 aliphatic heterocycles. The summed E-state index contributed by atoms with van der Waals surface area (Å²) in [5, 5.41) is 4.34. The fourth-order valence-corrected chi connectivity index (χ4v) is 1.80. The Labute approximate surface area is 114 Å². The van der Waals surface area contributed by atoms with E-state index in [1.165, 1.54) is 18.0 Å². The highest BCUT2D eigenvalue weighted by Crippen LogP contribution is 2.21. The van der Waals surface area contributed by atoms with Gasteiger partial charge in [-0.1, -0.05) is 23.4 Å². The van der Waals surface area contributed by atoms with Gasteiger partial charge in [-0.2, -0.15) is 0 Å². The van der Waals surface area contributed by atoms with E-state index in [9.17, 15) is 4.79 Å². The summed E-state index contributed by atoms with van der Waals surface area (Å²) in [6, 6.07) is 7.16. The highest BCUT2D eigenvalue weighted by atomic mass is 35.5. The summed E-state index contributed by atoms with van der Waals surface area (Å²) in [6.07, 6.45) is 4.11. The molecule has 1 N–H and O–H groups in total. The van der Waals surface area contributed by atoms with Crippen LogP contribution < -0.4 is 5.32 Å². The number of rotatable bonds is 4. The summed E-state index contributed by atoms with van der Waals surface area (Å²) in [5.41, 5.74) is 1.23.